The minimum absolute atomic E-state index is 0.00859. The van der Waals surface area contributed by atoms with Crippen molar-refractivity contribution >= 4 is 8.46 Å². The third kappa shape index (κ3) is 8.34. The number of para-hydroxylation sites is 1. The Morgan fingerprint density at radius 1 is 0.852 bits per heavy atom. The Kier molecular flexibility index (Phi) is 10.8. The van der Waals surface area contributed by atoms with E-state index < -0.39 is 0 Å². The van der Waals surface area contributed by atoms with Crippen LogP contribution in [0.3, 0.4) is 0 Å². The van der Waals surface area contributed by atoms with E-state index in [1.165, 1.54) is 25.7 Å². The van der Waals surface area contributed by atoms with Crippen LogP contribution >= 0.6 is 8.46 Å². The van der Waals surface area contributed by atoms with Crippen molar-refractivity contribution in [2.45, 2.75) is 105 Å². The fourth-order valence-corrected chi connectivity index (χ4v) is 3.84. The molecule has 3 heteroatoms. The van der Waals surface area contributed by atoms with Gasteiger partial charge in [-0.25, -0.2) is 0 Å². The Bertz CT molecular complexity index is 520. The van der Waals surface area contributed by atoms with Crippen LogP contribution in [0.15, 0.2) is 18.2 Å². The summed E-state index contributed by atoms with van der Waals surface area (Å²) in [5.74, 6) is 0.456. The van der Waals surface area contributed by atoms with Gasteiger partial charge in [0.15, 0.2) is 8.46 Å². The average molecular weight is 395 g/mol. The van der Waals surface area contributed by atoms with Crippen LogP contribution in [-0.2, 0) is 15.4 Å². The van der Waals surface area contributed by atoms with E-state index in [4.69, 9.17) is 0 Å². The van der Waals surface area contributed by atoms with E-state index in [2.05, 4.69) is 62.3 Å². The summed E-state index contributed by atoms with van der Waals surface area (Å²) in [6, 6.07) is 6.04. The third-order valence-corrected chi connectivity index (χ3v) is 6.36. The van der Waals surface area contributed by atoms with Crippen LogP contribution in [0.25, 0.3) is 0 Å². The molecule has 1 N–H and O–H groups in total. The van der Waals surface area contributed by atoms with Gasteiger partial charge in [-0.3, -0.25) is 4.57 Å². The summed E-state index contributed by atoms with van der Waals surface area (Å²) in [5, 5.41) is 10.3. The summed E-state index contributed by atoms with van der Waals surface area (Å²) < 4.78 is 10.3. The van der Waals surface area contributed by atoms with Crippen molar-refractivity contribution in [1.29, 1.82) is 0 Å². The third-order valence-electron chi connectivity index (χ3n) is 5.86. The molecule has 0 saturated carbocycles. The van der Waals surface area contributed by atoms with Crippen molar-refractivity contribution in [3.63, 3.8) is 0 Å². The maximum absolute atomic E-state index is 10.3. The molecule has 0 aliphatic carbocycles. The van der Waals surface area contributed by atoms with Gasteiger partial charge in [-0.15, -0.1) is 0 Å². The first kappa shape index (κ1) is 26.1. The van der Waals surface area contributed by atoms with E-state index in [-0.39, 0.29) is 10.8 Å². The molecule has 0 fully saturated rings. The Morgan fingerprint density at radius 3 is 1.56 bits per heavy atom. The molecule has 0 amide bonds. The highest BCUT2D eigenvalue weighted by Gasteiger charge is 2.25. The van der Waals surface area contributed by atoms with Gasteiger partial charge in [-0.05, 0) is 40.2 Å². The van der Waals surface area contributed by atoms with Gasteiger partial charge >= 0.3 is 0 Å². The number of hydrogen-bond donors (Lipinski definition) is 1. The molecule has 156 valence electrons. The van der Waals surface area contributed by atoms with Crippen molar-refractivity contribution in [3.8, 4) is 5.75 Å². The van der Waals surface area contributed by atoms with Gasteiger partial charge < -0.3 is 5.11 Å². The lowest BCUT2D eigenvalue weighted by atomic mass is 9.76. The standard InChI is InChI=1S/C14H22O.C10H21OP/c1-13(2,3)10-8-7-9-11(12(10)15)14(4,5)6;1-4-10(5-2,6-3)8-7-9-12-11/h7-9,15H,1-6H3;4-9H2,1-3H3. The van der Waals surface area contributed by atoms with Crippen LogP contribution in [-0.4, -0.2) is 11.3 Å². The number of rotatable bonds is 7. The summed E-state index contributed by atoms with van der Waals surface area (Å²) in [5.41, 5.74) is 2.56. The molecule has 1 aromatic rings. The first-order chi connectivity index (χ1) is 12.4. The van der Waals surface area contributed by atoms with Crippen molar-refractivity contribution < 1.29 is 9.67 Å². The smallest absolute Gasteiger partial charge is 0.155 e. The van der Waals surface area contributed by atoms with Gasteiger partial charge in [0.1, 0.15) is 5.75 Å². The van der Waals surface area contributed by atoms with Gasteiger partial charge in [0.05, 0.1) is 0 Å². The van der Waals surface area contributed by atoms with Crippen molar-refractivity contribution in [3.05, 3.63) is 29.3 Å². The molecule has 0 saturated heterocycles. The lowest BCUT2D eigenvalue weighted by Crippen LogP contribution is -2.17. The van der Waals surface area contributed by atoms with E-state index in [0.29, 0.717) is 19.6 Å². The Balaban J connectivity index is 0.000000516. The number of phenolic OH excluding ortho intramolecular Hbond substituents is 1. The molecule has 2 nitrogen and oxygen atoms in total. The Morgan fingerprint density at radius 2 is 1.26 bits per heavy atom. The summed E-state index contributed by atoms with van der Waals surface area (Å²) >= 11 is 0. The van der Waals surface area contributed by atoms with Gasteiger partial charge in [0.25, 0.3) is 0 Å². The monoisotopic (exact) mass is 394 g/mol. The fourth-order valence-electron chi connectivity index (χ4n) is 3.55. The predicted octanol–water partition coefficient (Wildman–Crippen LogP) is 8.26. The predicted molar refractivity (Wildman–Crippen MR) is 121 cm³/mol. The second kappa shape index (κ2) is 11.2. The molecular weight excluding hydrogens is 351 g/mol. The molecule has 0 spiro atoms. The van der Waals surface area contributed by atoms with Crippen LogP contribution in [0, 0.1) is 5.41 Å². The quantitative estimate of drug-likeness (QED) is 0.373. The van der Waals surface area contributed by atoms with Crippen LogP contribution in [0.4, 0.5) is 0 Å². The van der Waals surface area contributed by atoms with Crippen LogP contribution in [0.1, 0.15) is 106 Å². The zero-order valence-corrected chi connectivity index (χ0v) is 20.2. The molecular formula is C24H43O2P. The molecule has 0 atom stereocenters. The molecule has 0 aromatic heterocycles. The van der Waals surface area contributed by atoms with Crippen molar-refractivity contribution in [2.75, 3.05) is 6.16 Å². The molecule has 0 unspecified atom stereocenters. The molecule has 0 aliphatic heterocycles. The van der Waals surface area contributed by atoms with E-state index >= 15 is 0 Å². The van der Waals surface area contributed by atoms with E-state index in [0.717, 1.165) is 23.7 Å². The summed E-state index contributed by atoms with van der Waals surface area (Å²) in [6.45, 7) is 19.5. The number of phenols is 1. The first-order valence-electron chi connectivity index (χ1n) is 10.5. The summed E-state index contributed by atoms with van der Waals surface area (Å²) in [6.07, 6.45) is 6.97. The van der Waals surface area contributed by atoms with Gasteiger partial charge in [0, 0.05) is 6.16 Å². The zero-order chi connectivity index (χ0) is 21.3. The summed E-state index contributed by atoms with van der Waals surface area (Å²) in [7, 11) is 0.311. The van der Waals surface area contributed by atoms with Crippen LogP contribution < -0.4 is 0 Å². The molecule has 0 radical (unpaired) electrons. The molecule has 1 rings (SSSR count). The van der Waals surface area contributed by atoms with E-state index in [1.807, 2.05) is 18.2 Å². The number of hydrogen-bond acceptors (Lipinski definition) is 2. The Hall–Kier alpha value is -0.880. The lowest BCUT2D eigenvalue weighted by Gasteiger charge is -2.30. The van der Waals surface area contributed by atoms with E-state index in [1.54, 1.807) is 0 Å². The van der Waals surface area contributed by atoms with E-state index in [9.17, 15) is 9.67 Å². The van der Waals surface area contributed by atoms with Crippen molar-refractivity contribution in [2.24, 2.45) is 5.41 Å². The molecule has 1 aromatic carbocycles. The maximum atomic E-state index is 10.3. The second-order valence-electron chi connectivity index (χ2n) is 9.72. The number of aromatic hydroxyl groups is 1. The van der Waals surface area contributed by atoms with Gasteiger partial charge in [-0.1, -0.05) is 99.8 Å². The fraction of sp³-hybridized carbons (Fsp3) is 0.750. The maximum Gasteiger partial charge on any atom is 0.155 e. The Labute approximate surface area is 170 Å². The van der Waals surface area contributed by atoms with Gasteiger partial charge in [-0.2, -0.15) is 0 Å². The topological polar surface area (TPSA) is 37.3 Å². The molecule has 0 heterocycles. The average Bonchev–Trinajstić information content (AvgIpc) is 2.58. The highest BCUT2D eigenvalue weighted by molar-refractivity contribution is 7.23. The minimum Gasteiger partial charge on any atom is -0.507 e. The highest BCUT2D eigenvalue weighted by Crippen LogP contribution is 2.38. The second-order valence-corrected chi connectivity index (χ2v) is 10.4. The lowest BCUT2D eigenvalue weighted by molar-refractivity contribution is 0.227. The summed E-state index contributed by atoms with van der Waals surface area (Å²) in [4.78, 5) is 0. The van der Waals surface area contributed by atoms with Gasteiger partial charge in [0.2, 0.25) is 0 Å². The highest BCUT2D eigenvalue weighted by atomic mass is 31.1. The van der Waals surface area contributed by atoms with Crippen molar-refractivity contribution in [1.82, 2.24) is 0 Å². The largest absolute Gasteiger partial charge is 0.507 e. The zero-order valence-electron chi connectivity index (χ0n) is 19.3. The number of benzene rings is 1. The molecule has 27 heavy (non-hydrogen) atoms. The first-order valence-corrected chi connectivity index (χ1v) is 11.5. The van der Waals surface area contributed by atoms with Crippen LogP contribution in [0.2, 0.25) is 0 Å². The van der Waals surface area contributed by atoms with Crippen LogP contribution in [0.5, 0.6) is 5.75 Å². The molecule has 0 bridgehead atoms. The molecule has 0 aliphatic rings. The normalized spacial score (nSPS) is 12.6. The minimum atomic E-state index is -0.00859. The SMILES string of the molecule is CC(C)(C)c1cccc(C(C)(C)C)c1O.CCC(CC)(CC)CCCP=O.